The molecule has 23 heavy (non-hydrogen) atoms. The SMILES string of the molecule is COc1ccc(/C=N/NC(=O)c2cccc([N+](C)=O)c2)c(O)c1. The van der Waals surface area contributed by atoms with Gasteiger partial charge in [-0.05, 0) is 18.2 Å². The topological polar surface area (TPSA) is 91.0 Å². The standard InChI is InChI=1S/C16H15N3O4/c1-19(22)13-5-3-4-11(8-13)16(21)18-17-10-12-6-7-14(23-2)9-15(12)20/h3-10H,1-2H3,(H-,17,18,20,21)/p+1. The lowest BCUT2D eigenvalue weighted by Gasteiger charge is -2.03. The number of hydrazone groups is 1. The Balaban J connectivity index is 2.07. The highest BCUT2D eigenvalue weighted by Crippen LogP contribution is 2.21. The Bertz CT molecular complexity index is 772. The molecular formula is C16H16N3O4+. The lowest BCUT2D eigenvalue weighted by Crippen LogP contribution is -2.17. The molecule has 2 aromatic rings. The summed E-state index contributed by atoms with van der Waals surface area (Å²) in [5.74, 6) is 0.0394. The van der Waals surface area contributed by atoms with Crippen molar-refractivity contribution in [3.05, 3.63) is 58.5 Å². The number of ether oxygens (including phenoxy) is 1. The Hall–Kier alpha value is -3.22. The quantitative estimate of drug-likeness (QED) is 0.503. The number of carbonyl (C=O) groups is 1. The zero-order valence-electron chi connectivity index (χ0n) is 12.7. The third-order valence-corrected chi connectivity index (χ3v) is 3.08. The van der Waals surface area contributed by atoms with Gasteiger partial charge in [-0.3, -0.25) is 4.79 Å². The minimum absolute atomic E-state index is 0.0164. The molecule has 7 nitrogen and oxygen atoms in total. The van der Waals surface area contributed by atoms with Gasteiger partial charge in [0.25, 0.3) is 11.6 Å². The molecule has 0 aromatic heterocycles. The summed E-state index contributed by atoms with van der Waals surface area (Å²) >= 11 is 0. The second-order valence-electron chi connectivity index (χ2n) is 4.67. The van der Waals surface area contributed by atoms with Gasteiger partial charge in [0.2, 0.25) is 0 Å². The number of aromatic hydroxyl groups is 1. The van der Waals surface area contributed by atoms with E-state index >= 15 is 0 Å². The van der Waals surface area contributed by atoms with Gasteiger partial charge in [0.15, 0.2) is 7.05 Å². The van der Waals surface area contributed by atoms with Gasteiger partial charge in [-0.25, -0.2) is 5.43 Å². The van der Waals surface area contributed by atoms with Gasteiger partial charge in [-0.15, -0.1) is 0 Å². The summed E-state index contributed by atoms with van der Waals surface area (Å²) in [7, 11) is 2.85. The largest absolute Gasteiger partial charge is 0.507 e. The Morgan fingerprint density at radius 2 is 2.09 bits per heavy atom. The normalized spacial score (nSPS) is 10.5. The number of carbonyl (C=O) groups excluding carboxylic acids is 1. The number of hydrogen-bond acceptors (Lipinski definition) is 5. The summed E-state index contributed by atoms with van der Waals surface area (Å²) < 4.78 is 5.64. The highest BCUT2D eigenvalue weighted by atomic mass is 16.5. The number of methoxy groups -OCH3 is 1. The summed E-state index contributed by atoms with van der Waals surface area (Å²) in [6.07, 6.45) is 1.32. The molecule has 0 radical (unpaired) electrons. The van der Waals surface area contributed by atoms with Crippen molar-refractivity contribution in [3.8, 4) is 11.5 Å². The third kappa shape index (κ3) is 4.13. The lowest BCUT2D eigenvalue weighted by molar-refractivity contribution is -0.428. The van der Waals surface area contributed by atoms with Crippen molar-refractivity contribution in [1.82, 2.24) is 5.43 Å². The van der Waals surface area contributed by atoms with E-state index in [0.717, 1.165) is 0 Å². The maximum Gasteiger partial charge on any atom is 0.271 e. The van der Waals surface area contributed by atoms with Gasteiger partial charge < -0.3 is 9.84 Å². The number of hydrogen-bond donors (Lipinski definition) is 2. The zero-order chi connectivity index (χ0) is 16.8. The van der Waals surface area contributed by atoms with Crippen molar-refractivity contribution in [1.29, 1.82) is 0 Å². The first kappa shape index (κ1) is 16.2. The molecule has 0 spiro atoms. The molecule has 0 atom stereocenters. The van der Waals surface area contributed by atoms with Crippen LogP contribution in [0.3, 0.4) is 0 Å². The van der Waals surface area contributed by atoms with Crippen LogP contribution >= 0.6 is 0 Å². The predicted molar refractivity (Wildman–Crippen MR) is 85.4 cm³/mol. The molecule has 1 amide bonds. The number of phenolic OH excluding ortho intramolecular Hbond substituents is 1. The number of nitrogens with zero attached hydrogens (tertiary/aromatic N) is 2. The molecular weight excluding hydrogens is 298 g/mol. The molecule has 0 fully saturated rings. The van der Waals surface area contributed by atoms with Crippen molar-refractivity contribution in [2.75, 3.05) is 14.2 Å². The fraction of sp³-hybridized carbons (Fsp3) is 0.125. The Morgan fingerprint density at radius 3 is 2.74 bits per heavy atom. The van der Waals surface area contributed by atoms with Gasteiger partial charge in [-0.2, -0.15) is 5.10 Å². The van der Waals surface area contributed by atoms with Crippen LogP contribution in [0.2, 0.25) is 0 Å². The van der Waals surface area contributed by atoms with E-state index in [-0.39, 0.29) is 5.75 Å². The molecule has 118 valence electrons. The van der Waals surface area contributed by atoms with E-state index in [0.29, 0.717) is 27.3 Å². The first-order valence-electron chi connectivity index (χ1n) is 6.72. The number of nitrogens with one attached hydrogen (secondary N) is 1. The van der Waals surface area contributed by atoms with E-state index in [4.69, 9.17) is 4.74 Å². The average Bonchev–Trinajstić information content (AvgIpc) is 2.56. The highest BCUT2D eigenvalue weighted by Gasteiger charge is 2.11. The number of amides is 1. The summed E-state index contributed by atoms with van der Waals surface area (Å²) in [5, 5.41) is 13.6. The molecule has 2 aromatic carbocycles. The van der Waals surface area contributed by atoms with E-state index < -0.39 is 5.91 Å². The van der Waals surface area contributed by atoms with Crippen molar-refractivity contribution in [2.45, 2.75) is 0 Å². The summed E-state index contributed by atoms with van der Waals surface area (Å²) in [5.41, 5.74) is 3.44. The smallest absolute Gasteiger partial charge is 0.271 e. The van der Waals surface area contributed by atoms with Crippen LogP contribution < -0.4 is 10.2 Å². The van der Waals surface area contributed by atoms with E-state index in [1.807, 2.05) is 0 Å². The molecule has 0 saturated carbocycles. The number of phenols is 1. The monoisotopic (exact) mass is 314 g/mol. The Morgan fingerprint density at radius 1 is 1.30 bits per heavy atom. The lowest BCUT2D eigenvalue weighted by atomic mass is 10.2. The van der Waals surface area contributed by atoms with E-state index in [1.165, 1.54) is 32.5 Å². The number of nitroso groups, excluding NO2 is 1. The molecule has 0 aliphatic rings. The van der Waals surface area contributed by atoms with Gasteiger partial charge in [0.1, 0.15) is 11.5 Å². The van der Waals surface area contributed by atoms with Gasteiger partial charge in [0.05, 0.1) is 13.3 Å². The molecule has 0 aliphatic heterocycles. The van der Waals surface area contributed by atoms with Gasteiger partial charge >= 0.3 is 0 Å². The van der Waals surface area contributed by atoms with E-state index in [9.17, 15) is 14.8 Å². The molecule has 2 N–H and O–H groups in total. The van der Waals surface area contributed by atoms with Crippen molar-refractivity contribution < 1.29 is 19.4 Å². The first-order valence-corrected chi connectivity index (χ1v) is 6.72. The third-order valence-electron chi connectivity index (χ3n) is 3.08. The average molecular weight is 314 g/mol. The van der Waals surface area contributed by atoms with Gasteiger partial charge in [0, 0.05) is 39.0 Å². The summed E-state index contributed by atoms with van der Waals surface area (Å²) in [6.45, 7) is 0. The van der Waals surface area contributed by atoms with Crippen LogP contribution in [0.25, 0.3) is 0 Å². The van der Waals surface area contributed by atoms with Crippen LogP contribution in [-0.4, -0.2) is 36.1 Å². The van der Waals surface area contributed by atoms with Crippen LogP contribution in [0.15, 0.2) is 47.6 Å². The minimum Gasteiger partial charge on any atom is -0.507 e. The predicted octanol–water partition coefficient (Wildman–Crippen LogP) is 2.20. The maximum atomic E-state index is 12.0. The second kappa shape index (κ2) is 7.17. The molecule has 2 rings (SSSR count). The van der Waals surface area contributed by atoms with Crippen LogP contribution in [0.4, 0.5) is 5.69 Å². The van der Waals surface area contributed by atoms with Crippen LogP contribution in [-0.2, 0) is 0 Å². The summed E-state index contributed by atoms with van der Waals surface area (Å²) in [6, 6.07) is 11.0. The van der Waals surface area contributed by atoms with E-state index in [2.05, 4.69) is 10.5 Å². The fourth-order valence-corrected chi connectivity index (χ4v) is 1.83. The van der Waals surface area contributed by atoms with Crippen molar-refractivity contribution in [3.63, 3.8) is 0 Å². The molecule has 0 unspecified atom stereocenters. The van der Waals surface area contributed by atoms with Crippen molar-refractivity contribution in [2.24, 2.45) is 5.10 Å². The van der Waals surface area contributed by atoms with E-state index in [1.54, 1.807) is 30.3 Å². The molecule has 0 saturated heterocycles. The van der Waals surface area contributed by atoms with Gasteiger partial charge in [-0.1, -0.05) is 6.07 Å². The molecule has 0 heterocycles. The Kier molecular flexibility index (Phi) is 5.03. The molecule has 0 bridgehead atoms. The maximum absolute atomic E-state index is 12.0. The number of benzene rings is 2. The molecule has 7 heteroatoms. The zero-order valence-corrected chi connectivity index (χ0v) is 12.7. The Labute approximate surface area is 132 Å². The minimum atomic E-state index is -0.460. The second-order valence-corrected chi connectivity index (χ2v) is 4.67. The van der Waals surface area contributed by atoms with Crippen molar-refractivity contribution >= 4 is 17.8 Å². The number of rotatable bonds is 5. The first-order chi connectivity index (χ1) is 11.0. The van der Waals surface area contributed by atoms with Crippen LogP contribution in [0.1, 0.15) is 15.9 Å². The van der Waals surface area contributed by atoms with Crippen LogP contribution in [0, 0.1) is 4.91 Å². The fourth-order valence-electron chi connectivity index (χ4n) is 1.83. The van der Waals surface area contributed by atoms with Crippen LogP contribution in [0.5, 0.6) is 11.5 Å². The highest BCUT2D eigenvalue weighted by molar-refractivity contribution is 5.95. The molecule has 0 aliphatic carbocycles. The summed E-state index contributed by atoms with van der Waals surface area (Å²) in [4.78, 5) is 23.2.